The summed E-state index contributed by atoms with van der Waals surface area (Å²) in [7, 11) is 0. The van der Waals surface area contributed by atoms with Gasteiger partial charge in [-0.1, -0.05) is 61.4 Å². The fraction of sp³-hybridized carbons (Fsp3) is 0.300. The molecule has 0 aromatic heterocycles. The molecule has 1 aliphatic heterocycles. The molecule has 0 fully saturated rings. The van der Waals surface area contributed by atoms with Crippen molar-refractivity contribution in [1.29, 1.82) is 0 Å². The number of aryl methyl sites for hydroxylation is 2. The summed E-state index contributed by atoms with van der Waals surface area (Å²) in [6.07, 6.45) is 4.26. The lowest BCUT2D eigenvalue weighted by atomic mass is 9.88. The highest BCUT2D eigenvalue weighted by Gasteiger charge is 2.19. The van der Waals surface area contributed by atoms with Gasteiger partial charge in [-0.15, -0.1) is 0 Å². The van der Waals surface area contributed by atoms with E-state index in [9.17, 15) is 0 Å². The number of fused-ring (bicyclic) bond motifs is 1. The van der Waals surface area contributed by atoms with E-state index in [0.29, 0.717) is 5.92 Å². The zero-order valence-corrected chi connectivity index (χ0v) is 13.3. The molecule has 0 saturated heterocycles. The Kier molecular flexibility index (Phi) is 3.59. The van der Waals surface area contributed by atoms with E-state index in [1.165, 1.54) is 33.4 Å². The van der Waals surface area contributed by atoms with Crippen LogP contribution in [0.5, 0.6) is 0 Å². The molecule has 0 spiro atoms. The monoisotopic (exact) mass is 277 g/mol. The predicted octanol–water partition coefficient (Wildman–Crippen LogP) is 5.09. The van der Waals surface area contributed by atoms with Gasteiger partial charge in [-0.3, -0.25) is 0 Å². The number of rotatable bonds is 2. The van der Waals surface area contributed by atoms with E-state index >= 15 is 0 Å². The van der Waals surface area contributed by atoms with Gasteiger partial charge in [0.05, 0.1) is 6.04 Å². The number of hydrogen-bond acceptors (Lipinski definition) is 1. The first-order chi connectivity index (χ1) is 10.0. The van der Waals surface area contributed by atoms with Gasteiger partial charge < -0.3 is 5.32 Å². The molecule has 0 radical (unpaired) electrons. The van der Waals surface area contributed by atoms with E-state index in [2.05, 4.69) is 81.7 Å². The molecule has 0 saturated carbocycles. The van der Waals surface area contributed by atoms with Crippen molar-refractivity contribution in [3.63, 3.8) is 0 Å². The summed E-state index contributed by atoms with van der Waals surface area (Å²) >= 11 is 0. The van der Waals surface area contributed by atoms with E-state index in [0.717, 1.165) is 0 Å². The van der Waals surface area contributed by atoms with Gasteiger partial charge in [0.15, 0.2) is 0 Å². The Morgan fingerprint density at radius 3 is 2.33 bits per heavy atom. The maximum Gasteiger partial charge on any atom is 0.0768 e. The normalized spacial score (nSPS) is 16.7. The minimum Gasteiger partial charge on any atom is -0.380 e. The summed E-state index contributed by atoms with van der Waals surface area (Å²) in [5.74, 6) is 0.568. The topological polar surface area (TPSA) is 12.0 Å². The second-order valence-corrected chi connectivity index (χ2v) is 6.40. The molecule has 2 aromatic rings. The van der Waals surface area contributed by atoms with Crippen molar-refractivity contribution < 1.29 is 0 Å². The van der Waals surface area contributed by atoms with Crippen molar-refractivity contribution >= 4 is 6.08 Å². The van der Waals surface area contributed by atoms with Gasteiger partial charge in [-0.2, -0.15) is 0 Å². The van der Waals surface area contributed by atoms with E-state index in [-0.39, 0.29) is 6.04 Å². The van der Waals surface area contributed by atoms with Crippen molar-refractivity contribution in [3.8, 4) is 0 Å². The van der Waals surface area contributed by atoms with Gasteiger partial charge >= 0.3 is 0 Å². The highest BCUT2D eigenvalue weighted by Crippen LogP contribution is 2.32. The quantitative estimate of drug-likeness (QED) is 0.806. The second-order valence-electron chi connectivity index (χ2n) is 6.40. The van der Waals surface area contributed by atoms with Crippen LogP contribution in [0.1, 0.15) is 59.2 Å². The van der Waals surface area contributed by atoms with E-state index in [4.69, 9.17) is 0 Å². The highest BCUT2D eigenvalue weighted by atomic mass is 14.9. The number of benzene rings is 2. The van der Waals surface area contributed by atoms with Crippen LogP contribution in [0.2, 0.25) is 0 Å². The molecular weight excluding hydrogens is 254 g/mol. The van der Waals surface area contributed by atoms with Crippen LogP contribution in [-0.4, -0.2) is 0 Å². The minimum absolute atomic E-state index is 0.254. The largest absolute Gasteiger partial charge is 0.380 e. The molecule has 0 amide bonds. The van der Waals surface area contributed by atoms with Crippen LogP contribution in [0.25, 0.3) is 6.08 Å². The Balaban J connectivity index is 2.06. The summed E-state index contributed by atoms with van der Waals surface area (Å²) in [6.45, 7) is 8.82. The van der Waals surface area contributed by atoms with E-state index in [1.54, 1.807) is 0 Å². The van der Waals surface area contributed by atoms with Crippen LogP contribution >= 0.6 is 0 Å². The molecule has 1 heteroatoms. The number of nitrogens with one attached hydrogen (secondary N) is 1. The van der Waals surface area contributed by atoms with Crippen molar-refractivity contribution in [1.82, 2.24) is 5.32 Å². The zero-order valence-electron chi connectivity index (χ0n) is 13.3. The molecule has 1 N–H and O–H groups in total. The maximum atomic E-state index is 3.51. The van der Waals surface area contributed by atoms with Crippen LogP contribution in [0.4, 0.5) is 0 Å². The molecule has 108 valence electrons. The maximum absolute atomic E-state index is 3.51. The zero-order chi connectivity index (χ0) is 15.0. The van der Waals surface area contributed by atoms with E-state index < -0.39 is 0 Å². The Hall–Kier alpha value is -2.02. The lowest BCUT2D eigenvalue weighted by Crippen LogP contribution is -2.21. The highest BCUT2D eigenvalue weighted by molar-refractivity contribution is 5.60. The van der Waals surface area contributed by atoms with Crippen LogP contribution in [0.3, 0.4) is 0 Å². The fourth-order valence-corrected chi connectivity index (χ4v) is 3.14. The summed E-state index contributed by atoms with van der Waals surface area (Å²) < 4.78 is 0. The first-order valence-corrected chi connectivity index (χ1v) is 7.69. The van der Waals surface area contributed by atoms with Gasteiger partial charge in [-0.25, -0.2) is 0 Å². The SMILES string of the molecule is Cc1cc(C)cc(C2NC=Cc3cc(C(C)C)ccc32)c1. The lowest BCUT2D eigenvalue weighted by Gasteiger charge is -2.26. The van der Waals surface area contributed by atoms with Crippen LogP contribution in [-0.2, 0) is 0 Å². The molecule has 3 rings (SSSR count). The van der Waals surface area contributed by atoms with Crippen molar-refractivity contribution in [3.05, 3.63) is 76.0 Å². The third-order valence-corrected chi connectivity index (χ3v) is 4.19. The third-order valence-electron chi connectivity index (χ3n) is 4.19. The van der Waals surface area contributed by atoms with Crippen molar-refractivity contribution in [2.75, 3.05) is 0 Å². The molecule has 0 bridgehead atoms. The van der Waals surface area contributed by atoms with Gasteiger partial charge in [0.2, 0.25) is 0 Å². The summed E-state index contributed by atoms with van der Waals surface area (Å²) in [5.41, 5.74) is 8.09. The second kappa shape index (κ2) is 5.40. The molecule has 21 heavy (non-hydrogen) atoms. The van der Waals surface area contributed by atoms with Gasteiger partial charge in [0.25, 0.3) is 0 Å². The lowest BCUT2D eigenvalue weighted by molar-refractivity contribution is 0.717. The van der Waals surface area contributed by atoms with Crippen LogP contribution in [0.15, 0.2) is 42.6 Å². The summed E-state index contributed by atoms with van der Waals surface area (Å²) in [5, 5.41) is 3.51. The molecule has 1 atom stereocenters. The first kappa shape index (κ1) is 13.9. The van der Waals surface area contributed by atoms with Gasteiger partial charge in [0.1, 0.15) is 0 Å². The Labute approximate surface area is 127 Å². The molecular formula is C20H23N. The Bertz CT molecular complexity index is 675. The van der Waals surface area contributed by atoms with E-state index in [1.807, 2.05) is 0 Å². The molecule has 1 nitrogen and oxygen atoms in total. The Morgan fingerprint density at radius 1 is 0.952 bits per heavy atom. The molecule has 1 unspecified atom stereocenters. The third kappa shape index (κ3) is 2.73. The average Bonchev–Trinajstić information content (AvgIpc) is 2.45. The standard InChI is InChI=1S/C20H23N/c1-13(2)16-5-6-19-17(12-16)7-8-21-20(19)18-10-14(3)9-15(4)11-18/h5-13,20-21H,1-4H3. The molecule has 1 aliphatic rings. The Morgan fingerprint density at radius 2 is 1.67 bits per heavy atom. The van der Waals surface area contributed by atoms with Gasteiger partial charge in [-0.05, 0) is 54.3 Å². The summed E-state index contributed by atoms with van der Waals surface area (Å²) in [4.78, 5) is 0. The minimum atomic E-state index is 0.254. The smallest absolute Gasteiger partial charge is 0.0768 e. The fourth-order valence-electron chi connectivity index (χ4n) is 3.14. The van der Waals surface area contributed by atoms with Crippen LogP contribution in [0, 0.1) is 13.8 Å². The number of hydrogen-bond donors (Lipinski definition) is 1. The first-order valence-electron chi connectivity index (χ1n) is 7.69. The van der Waals surface area contributed by atoms with Crippen LogP contribution < -0.4 is 5.32 Å². The molecule has 2 aromatic carbocycles. The summed E-state index contributed by atoms with van der Waals surface area (Å²) in [6, 6.07) is 13.9. The molecule has 0 aliphatic carbocycles. The van der Waals surface area contributed by atoms with Crippen molar-refractivity contribution in [2.24, 2.45) is 0 Å². The predicted molar refractivity (Wildman–Crippen MR) is 90.5 cm³/mol. The average molecular weight is 277 g/mol. The van der Waals surface area contributed by atoms with Gasteiger partial charge in [0, 0.05) is 0 Å². The molecule has 1 heterocycles. The van der Waals surface area contributed by atoms with Crippen molar-refractivity contribution in [2.45, 2.75) is 39.7 Å².